The predicted molar refractivity (Wildman–Crippen MR) is 79.4 cm³/mol. The van der Waals surface area contributed by atoms with Gasteiger partial charge in [-0.25, -0.2) is 4.79 Å². The number of hydrogen-bond acceptors (Lipinski definition) is 4. The third kappa shape index (κ3) is 5.23. The highest BCUT2D eigenvalue weighted by Gasteiger charge is 2.24. The molecule has 0 fully saturated rings. The zero-order valence-electron chi connectivity index (χ0n) is 11.9. The number of esters is 1. The number of hydrogen-bond donors (Lipinski definition) is 2. The Kier molecular flexibility index (Phi) is 5.60. The van der Waals surface area contributed by atoms with Crippen molar-refractivity contribution in [2.45, 2.75) is 31.8 Å². The monoisotopic (exact) mass is 297 g/mol. The van der Waals surface area contributed by atoms with Gasteiger partial charge in [-0.3, -0.25) is 0 Å². The van der Waals surface area contributed by atoms with E-state index in [1.807, 2.05) is 12.1 Å². The zero-order valence-corrected chi connectivity index (χ0v) is 12.6. The highest BCUT2D eigenvalue weighted by Crippen LogP contribution is 2.31. The van der Waals surface area contributed by atoms with Gasteiger partial charge in [0.1, 0.15) is 0 Å². The average molecular weight is 298 g/mol. The largest absolute Gasteiger partial charge is 0.466 e. The molecule has 0 bridgehead atoms. The van der Waals surface area contributed by atoms with E-state index in [9.17, 15) is 9.90 Å². The van der Waals surface area contributed by atoms with E-state index in [-0.39, 0.29) is 5.92 Å². The second-order valence-electron chi connectivity index (χ2n) is 5.29. The first kappa shape index (κ1) is 16.5. The lowest BCUT2D eigenvalue weighted by Gasteiger charge is -2.26. The molecule has 0 aliphatic heterocycles. The lowest BCUT2D eigenvalue weighted by molar-refractivity contribution is -0.134. The minimum Gasteiger partial charge on any atom is -0.466 e. The Morgan fingerprint density at radius 3 is 2.45 bits per heavy atom. The molecular formula is C15H20ClNO3. The molecule has 0 aromatic heterocycles. The van der Waals surface area contributed by atoms with Crippen LogP contribution in [0.5, 0.6) is 0 Å². The molecule has 20 heavy (non-hydrogen) atoms. The number of carbonyl (C=O) groups excluding carboxylic acids is 1. The van der Waals surface area contributed by atoms with Crippen molar-refractivity contribution in [3.63, 3.8) is 0 Å². The normalized spacial score (nSPS) is 13.9. The molecule has 1 aromatic rings. The Morgan fingerprint density at radius 1 is 1.45 bits per heavy atom. The SMILES string of the molecule is COC(=O)/C=C(\N)[C@@H](CC(C)(C)O)c1ccc(Cl)cc1. The molecule has 0 spiro atoms. The summed E-state index contributed by atoms with van der Waals surface area (Å²) in [5, 5.41) is 10.6. The van der Waals surface area contributed by atoms with Crippen LogP contribution in [0.15, 0.2) is 36.0 Å². The predicted octanol–water partition coefficient (Wildman–Crippen LogP) is 2.60. The van der Waals surface area contributed by atoms with Crippen LogP contribution in [0.25, 0.3) is 0 Å². The summed E-state index contributed by atoms with van der Waals surface area (Å²) in [5.74, 6) is -0.802. The van der Waals surface area contributed by atoms with Crippen LogP contribution in [-0.2, 0) is 9.53 Å². The van der Waals surface area contributed by atoms with Crippen molar-refractivity contribution < 1.29 is 14.6 Å². The summed E-state index contributed by atoms with van der Waals surface area (Å²) in [5.41, 5.74) is 6.30. The molecule has 0 unspecified atom stereocenters. The fourth-order valence-corrected chi connectivity index (χ4v) is 2.04. The lowest BCUT2D eigenvalue weighted by Crippen LogP contribution is -2.25. The highest BCUT2D eigenvalue weighted by molar-refractivity contribution is 6.30. The van der Waals surface area contributed by atoms with Crippen LogP contribution in [0.3, 0.4) is 0 Å². The second-order valence-corrected chi connectivity index (χ2v) is 5.72. The van der Waals surface area contributed by atoms with Crippen LogP contribution in [-0.4, -0.2) is 23.8 Å². The molecule has 4 nitrogen and oxygen atoms in total. The first-order valence-corrected chi connectivity index (χ1v) is 6.63. The smallest absolute Gasteiger partial charge is 0.332 e. The van der Waals surface area contributed by atoms with Gasteiger partial charge in [-0.15, -0.1) is 0 Å². The summed E-state index contributed by atoms with van der Waals surface area (Å²) in [6, 6.07) is 7.16. The van der Waals surface area contributed by atoms with Gasteiger partial charge in [0.2, 0.25) is 0 Å². The van der Waals surface area contributed by atoms with Crippen molar-refractivity contribution >= 4 is 17.6 Å². The molecule has 0 saturated carbocycles. The van der Waals surface area contributed by atoms with Crippen LogP contribution in [0, 0.1) is 0 Å². The van der Waals surface area contributed by atoms with Crippen molar-refractivity contribution in [3.05, 3.63) is 46.6 Å². The molecule has 3 N–H and O–H groups in total. The molecule has 1 atom stereocenters. The molecule has 0 radical (unpaired) electrons. The summed E-state index contributed by atoms with van der Waals surface area (Å²) >= 11 is 5.87. The van der Waals surface area contributed by atoms with Crippen LogP contribution in [0.2, 0.25) is 5.02 Å². The highest BCUT2D eigenvalue weighted by atomic mass is 35.5. The topological polar surface area (TPSA) is 72.5 Å². The van der Waals surface area contributed by atoms with Crippen molar-refractivity contribution in [1.29, 1.82) is 0 Å². The fourth-order valence-electron chi connectivity index (χ4n) is 1.92. The zero-order chi connectivity index (χ0) is 15.3. The molecule has 0 aliphatic carbocycles. The fraction of sp³-hybridized carbons (Fsp3) is 0.400. The molecular weight excluding hydrogens is 278 g/mol. The molecule has 0 heterocycles. The number of methoxy groups -OCH3 is 1. The number of nitrogens with two attached hydrogens (primary N) is 1. The van der Waals surface area contributed by atoms with Gasteiger partial charge in [0.15, 0.2) is 0 Å². The number of carbonyl (C=O) groups is 1. The first-order valence-electron chi connectivity index (χ1n) is 6.26. The number of halogens is 1. The maximum absolute atomic E-state index is 11.3. The number of rotatable bonds is 5. The molecule has 110 valence electrons. The van der Waals surface area contributed by atoms with Crippen LogP contribution < -0.4 is 5.73 Å². The van der Waals surface area contributed by atoms with Gasteiger partial charge in [0, 0.05) is 22.7 Å². The van der Waals surface area contributed by atoms with Gasteiger partial charge < -0.3 is 15.6 Å². The van der Waals surface area contributed by atoms with E-state index >= 15 is 0 Å². The van der Waals surface area contributed by atoms with E-state index in [2.05, 4.69) is 4.74 Å². The molecule has 0 saturated heterocycles. The second kappa shape index (κ2) is 6.77. The Bertz CT molecular complexity index is 489. The van der Waals surface area contributed by atoms with Crippen LogP contribution in [0.1, 0.15) is 31.7 Å². The maximum atomic E-state index is 11.3. The molecule has 1 aromatic carbocycles. The van der Waals surface area contributed by atoms with Crippen molar-refractivity contribution in [2.24, 2.45) is 5.73 Å². The van der Waals surface area contributed by atoms with E-state index in [1.54, 1.807) is 26.0 Å². The maximum Gasteiger partial charge on any atom is 0.332 e. The van der Waals surface area contributed by atoms with Gasteiger partial charge in [-0.1, -0.05) is 23.7 Å². The van der Waals surface area contributed by atoms with Gasteiger partial charge >= 0.3 is 5.97 Å². The van der Waals surface area contributed by atoms with Crippen molar-refractivity contribution in [3.8, 4) is 0 Å². The van der Waals surface area contributed by atoms with E-state index in [1.165, 1.54) is 13.2 Å². The van der Waals surface area contributed by atoms with Crippen LogP contribution >= 0.6 is 11.6 Å². The standard InChI is InChI=1S/C15H20ClNO3/c1-15(2,19)9-12(13(17)8-14(18)20-3)10-4-6-11(16)7-5-10/h4-8,12,19H,9,17H2,1-3H3/b13-8-/t12-/m0/s1. The minimum absolute atomic E-state index is 0.286. The summed E-state index contributed by atoms with van der Waals surface area (Å²) < 4.78 is 4.58. The van der Waals surface area contributed by atoms with Crippen molar-refractivity contribution in [2.75, 3.05) is 7.11 Å². The van der Waals surface area contributed by atoms with Gasteiger partial charge in [-0.2, -0.15) is 0 Å². The van der Waals surface area contributed by atoms with E-state index in [0.717, 1.165) is 5.56 Å². The Balaban J connectivity index is 3.11. The number of aliphatic hydroxyl groups is 1. The van der Waals surface area contributed by atoms with E-state index in [0.29, 0.717) is 17.1 Å². The Hall–Kier alpha value is -1.52. The minimum atomic E-state index is -0.918. The van der Waals surface area contributed by atoms with Crippen molar-refractivity contribution in [1.82, 2.24) is 0 Å². The van der Waals surface area contributed by atoms with Gasteiger partial charge in [-0.05, 0) is 38.0 Å². The third-order valence-electron chi connectivity index (χ3n) is 2.86. The third-order valence-corrected chi connectivity index (χ3v) is 3.12. The summed E-state index contributed by atoms with van der Waals surface area (Å²) in [6.45, 7) is 3.39. The Morgan fingerprint density at radius 2 is 2.00 bits per heavy atom. The summed E-state index contributed by atoms with van der Waals surface area (Å²) in [7, 11) is 1.29. The molecule has 0 aliphatic rings. The Labute approximate surface area is 124 Å². The number of ether oxygens (including phenoxy) is 1. The van der Waals surface area contributed by atoms with Crippen LogP contribution in [0.4, 0.5) is 0 Å². The molecule has 1 rings (SSSR count). The average Bonchev–Trinajstić information content (AvgIpc) is 2.35. The quantitative estimate of drug-likeness (QED) is 0.647. The van der Waals surface area contributed by atoms with E-state index in [4.69, 9.17) is 17.3 Å². The summed E-state index contributed by atoms with van der Waals surface area (Å²) in [6.07, 6.45) is 1.62. The lowest BCUT2D eigenvalue weighted by atomic mass is 9.85. The summed E-state index contributed by atoms with van der Waals surface area (Å²) in [4.78, 5) is 11.3. The molecule has 0 amide bonds. The van der Waals surface area contributed by atoms with E-state index < -0.39 is 11.6 Å². The number of benzene rings is 1. The number of allylic oxidation sites excluding steroid dienone is 1. The molecule has 5 heteroatoms. The van der Waals surface area contributed by atoms with Gasteiger partial charge in [0.05, 0.1) is 12.7 Å². The van der Waals surface area contributed by atoms with Gasteiger partial charge in [0.25, 0.3) is 0 Å². The first-order chi connectivity index (χ1) is 9.23.